The summed E-state index contributed by atoms with van der Waals surface area (Å²) >= 11 is 0. The maximum Gasteiger partial charge on any atom is 0.241 e. The Kier molecular flexibility index (Phi) is 9.22. The molecule has 25 heavy (non-hydrogen) atoms. The molecule has 142 valence electrons. The molecule has 6 heteroatoms. The number of benzene rings is 1. The lowest BCUT2D eigenvalue weighted by Gasteiger charge is -2.36. The summed E-state index contributed by atoms with van der Waals surface area (Å²) in [5.74, 6) is -0.0480. The molecule has 2 aliphatic rings. The molecule has 3 rings (SSSR count). The van der Waals surface area contributed by atoms with Crippen LogP contribution in [0, 0.1) is 6.92 Å². The molecule has 3 N–H and O–H groups in total. The number of halogens is 2. The predicted octanol–water partition coefficient (Wildman–Crippen LogP) is 3.36. The van der Waals surface area contributed by atoms with E-state index in [1.807, 2.05) is 31.2 Å². The van der Waals surface area contributed by atoms with Crippen LogP contribution in [0.3, 0.4) is 0 Å². The zero-order chi connectivity index (χ0) is 16.2. The van der Waals surface area contributed by atoms with Crippen molar-refractivity contribution in [2.75, 3.05) is 13.1 Å². The molecular formula is C19H31Cl2N3O. The third-order valence-corrected chi connectivity index (χ3v) is 5.44. The molecular weight excluding hydrogens is 357 g/mol. The summed E-state index contributed by atoms with van der Waals surface area (Å²) in [5, 5.41) is 3.15. The van der Waals surface area contributed by atoms with Gasteiger partial charge in [-0.15, -0.1) is 24.8 Å². The van der Waals surface area contributed by atoms with Crippen LogP contribution in [0.4, 0.5) is 0 Å². The van der Waals surface area contributed by atoms with E-state index in [-0.39, 0.29) is 36.8 Å². The van der Waals surface area contributed by atoms with Crippen LogP contribution in [0.5, 0.6) is 0 Å². The molecule has 2 fully saturated rings. The average molecular weight is 388 g/mol. The summed E-state index contributed by atoms with van der Waals surface area (Å²) < 4.78 is 0. The fourth-order valence-corrected chi connectivity index (χ4v) is 3.89. The zero-order valence-electron chi connectivity index (χ0n) is 14.9. The van der Waals surface area contributed by atoms with Gasteiger partial charge in [0.05, 0.1) is 0 Å². The molecule has 1 aromatic carbocycles. The maximum atomic E-state index is 12.4. The van der Waals surface area contributed by atoms with Crippen molar-refractivity contribution in [3.05, 3.63) is 35.4 Å². The minimum atomic E-state index is -0.566. The average Bonchev–Trinajstić information content (AvgIpc) is 3.10. The first-order valence-electron chi connectivity index (χ1n) is 9.00. The lowest BCUT2D eigenvalue weighted by atomic mass is 10.0. The SMILES string of the molecule is Cc1ccc(C(N)C(=O)NC2CCN(C3CCCC3)CC2)cc1.Cl.Cl. The van der Waals surface area contributed by atoms with Crippen molar-refractivity contribution in [2.45, 2.75) is 63.6 Å². The molecule has 0 bridgehead atoms. The number of likely N-dealkylation sites (tertiary alicyclic amines) is 1. The minimum absolute atomic E-state index is 0. The van der Waals surface area contributed by atoms with Crippen molar-refractivity contribution in [1.29, 1.82) is 0 Å². The van der Waals surface area contributed by atoms with E-state index in [4.69, 9.17) is 5.73 Å². The Labute approximate surface area is 163 Å². The number of aryl methyl sites for hydroxylation is 1. The topological polar surface area (TPSA) is 58.4 Å². The van der Waals surface area contributed by atoms with Crippen molar-refractivity contribution in [3.8, 4) is 0 Å². The molecule has 1 saturated heterocycles. The van der Waals surface area contributed by atoms with Crippen LogP contribution in [-0.4, -0.2) is 36.0 Å². The van der Waals surface area contributed by atoms with Gasteiger partial charge in [0, 0.05) is 25.2 Å². The summed E-state index contributed by atoms with van der Waals surface area (Å²) in [6.45, 7) is 4.25. The van der Waals surface area contributed by atoms with E-state index in [1.165, 1.54) is 31.2 Å². The van der Waals surface area contributed by atoms with Gasteiger partial charge in [-0.1, -0.05) is 42.7 Å². The van der Waals surface area contributed by atoms with Crippen LogP contribution in [-0.2, 0) is 4.79 Å². The summed E-state index contributed by atoms with van der Waals surface area (Å²) in [6.07, 6.45) is 7.57. The summed E-state index contributed by atoms with van der Waals surface area (Å²) in [6, 6.07) is 8.40. The highest BCUT2D eigenvalue weighted by atomic mass is 35.5. The second kappa shape index (κ2) is 10.4. The summed E-state index contributed by atoms with van der Waals surface area (Å²) in [7, 11) is 0. The molecule has 1 aliphatic heterocycles. The highest BCUT2D eigenvalue weighted by molar-refractivity contribution is 5.85. The van der Waals surface area contributed by atoms with E-state index < -0.39 is 6.04 Å². The van der Waals surface area contributed by atoms with E-state index in [0.717, 1.165) is 37.5 Å². The molecule has 1 heterocycles. The lowest BCUT2D eigenvalue weighted by molar-refractivity contribution is -0.123. The second-order valence-electron chi connectivity index (χ2n) is 7.15. The van der Waals surface area contributed by atoms with E-state index in [0.29, 0.717) is 0 Å². The van der Waals surface area contributed by atoms with E-state index >= 15 is 0 Å². The lowest BCUT2D eigenvalue weighted by Crippen LogP contribution is -2.49. The molecule has 1 amide bonds. The smallest absolute Gasteiger partial charge is 0.241 e. The highest BCUT2D eigenvalue weighted by Gasteiger charge is 2.28. The first-order chi connectivity index (χ1) is 11.1. The Morgan fingerprint density at radius 1 is 1.08 bits per heavy atom. The van der Waals surface area contributed by atoms with Crippen molar-refractivity contribution < 1.29 is 4.79 Å². The third-order valence-electron chi connectivity index (χ3n) is 5.44. The predicted molar refractivity (Wildman–Crippen MR) is 108 cm³/mol. The number of piperidine rings is 1. The van der Waals surface area contributed by atoms with Gasteiger partial charge in [0.15, 0.2) is 0 Å². The first kappa shape index (κ1) is 22.2. The van der Waals surface area contributed by atoms with Gasteiger partial charge in [-0.3, -0.25) is 4.79 Å². The molecule has 1 atom stereocenters. The molecule has 1 unspecified atom stereocenters. The van der Waals surface area contributed by atoms with Gasteiger partial charge in [-0.2, -0.15) is 0 Å². The molecule has 1 aliphatic carbocycles. The van der Waals surface area contributed by atoms with Gasteiger partial charge >= 0.3 is 0 Å². The van der Waals surface area contributed by atoms with Gasteiger partial charge in [0.1, 0.15) is 6.04 Å². The molecule has 4 nitrogen and oxygen atoms in total. The number of carbonyl (C=O) groups excluding carboxylic acids is 1. The Morgan fingerprint density at radius 2 is 1.64 bits per heavy atom. The fraction of sp³-hybridized carbons (Fsp3) is 0.632. The van der Waals surface area contributed by atoms with Gasteiger partial charge < -0.3 is 16.0 Å². The minimum Gasteiger partial charge on any atom is -0.352 e. The number of carbonyl (C=O) groups is 1. The number of nitrogens with one attached hydrogen (secondary N) is 1. The number of nitrogens with two attached hydrogens (primary N) is 1. The van der Waals surface area contributed by atoms with Crippen molar-refractivity contribution >= 4 is 30.7 Å². The molecule has 0 spiro atoms. The number of hydrogen-bond acceptors (Lipinski definition) is 3. The number of nitrogens with zero attached hydrogens (tertiary/aromatic N) is 1. The van der Waals surface area contributed by atoms with Crippen LogP contribution in [0.15, 0.2) is 24.3 Å². The Morgan fingerprint density at radius 3 is 2.20 bits per heavy atom. The zero-order valence-corrected chi connectivity index (χ0v) is 16.6. The quantitative estimate of drug-likeness (QED) is 0.832. The Balaban J connectivity index is 0.00000156. The maximum absolute atomic E-state index is 12.4. The Bertz CT molecular complexity index is 524. The molecule has 1 aromatic rings. The highest BCUT2D eigenvalue weighted by Crippen LogP contribution is 2.26. The fourth-order valence-electron chi connectivity index (χ4n) is 3.89. The van der Waals surface area contributed by atoms with E-state index in [2.05, 4.69) is 10.2 Å². The molecule has 0 radical (unpaired) electrons. The van der Waals surface area contributed by atoms with Crippen LogP contribution in [0.1, 0.15) is 55.7 Å². The first-order valence-corrected chi connectivity index (χ1v) is 9.00. The van der Waals surface area contributed by atoms with Crippen molar-refractivity contribution in [2.24, 2.45) is 5.73 Å². The van der Waals surface area contributed by atoms with Crippen molar-refractivity contribution in [1.82, 2.24) is 10.2 Å². The second-order valence-corrected chi connectivity index (χ2v) is 7.15. The number of amides is 1. The normalized spacial score (nSPS) is 20.4. The number of rotatable bonds is 4. The molecule has 0 aromatic heterocycles. The van der Waals surface area contributed by atoms with Gasteiger partial charge in [-0.05, 0) is 38.2 Å². The third kappa shape index (κ3) is 5.85. The molecule has 1 saturated carbocycles. The van der Waals surface area contributed by atoms with Gasteiger partial charge in [0.25, 0.3) is 0 Å². The van der Waals surface area contributed by atoms with E-state index in [9.17, 15) is 4.79 Å². The van der Waals surface area contributed by atoms with Crippen LogP contribution in [0.25, 0.3) is 0 Å². The summed E-state index contributed by atoms with van der Waals surface area (Å²) in [5.41, 5.74) is 8.18. The largest absolute Gasteiger partial charge is 0.352 e. The summed E-state index contributed by atoms with van der Waals surface area (Å²) in [4.78, 5) is 15.0. The Hall–Kier alpha value is -0.810. The van der Waals surface area contributed by atoms with Crippen LogP contribution in [0.2, 0.25) is 0 Å². The monoisotopic (exact) mass is 387 g/mol. The van der Waals surface area contributed by atoms with Gasteiger partial charge in [-0.25, -0.2) is 0 Å². The van der Waals surface area contributed by atoms with Crippen molar-refractivity contribution in [3.63, 3.8) is 0 Å². The standard InChI is InChI=1S/C19H29N3O.2ClH/c1-14-6-8-15(9-7-14)18(20)19(23)21-16-10-12-22(13-11-16)17-4-2-3-5-17;;/h6-9,16-18H,2-5,10-13,20H2,1H3,(H,21,23);2*1H. The number of hydrogen-bond donors (Lipinski definition) is 2. The van der Waals surface area contributed by atoms with Crippen LogP contribution >= 0.6 is 24.8 Å². The van der Waals surface area contributed by atoms with Gasteiger partial charge in [0.2, 0.25) is 5.91 Å². The van der Waals surface area contributed by atoms with E-state index in [1.54, 1.807) is 0 Å². The van der Waals surface area contributed by atoms with Crippen LogP contribution < -0.4 is 11.1 Å².